The lowest BCUT2D eigenvalue weighted by atomic mass is 10.1. The van der Waals surface area contributed by atoms with E-state index in [2.05, 4.69) is 26.0 Å². The largest absolute Gasteiger partial charge is 0.544 e. The number of rotatable bonds is 28. The first-order chi connectivity index (χ1) is 21.1. The zero-order valence-corrected chi connectivity index (χ0v) is 28.3. The van der Waals surface area contributed by atoms with Gasteiger partial charge in [-0.2, -0.15) is 0 Å². The van der Waals surface area contributed by atoms with E-state index in [0.29, 0.717) is 12.8 Å². The topological polar surface area (TPSA) is 102 Å². The fraction of sp³-hybridized carbons (Fsp3) is 0.694. The molecule has 8 nitrogen and oxygen atoms in total. The van der Waals surface area contributed by atoms with Gasteiger partial charge in [0.1, 0.15) is 12.6 Å². The summed E-state index contributed by atoms with van der Waals surface area (Å²) in [6, 6.07) is -0.730. The Morgan fingerprint density at radius 2 is 1.27 bits per heavy atom. The lowest BCUT2D eigenvalue weighted by Gasteiger charge is -2.34. The molecule has 0 saturated carbocycles. The van der Waals surface area contributed by atoms with Crippen LogP contribution in [0.5, 0.6) is 0 Å². The first-order valence-corrected chi connectivity index (χ1v) is 16.7. The van der Waals surface area contributed by atoms with Crippen molar-refractivity contribution in [1.29, 1.82) is 0 Å². The number of unbranched alkanes of at least 4 members (excludes halogenated alkanes) is 9. The predicted octanol–water partition coefficient (Wildman–Crippen LogP) is 6.40. The van der Waals surface area contributed by atoms with Crippen molar-refractivity contribution in [1.82, 2.24) is 0 Å². The molecular weight excluding hydrogens is 558 g/mol. The van der Waals surface area contributed by atoms with E-state index in [1.54, 1.807) is 21.1 Å². The van der Waals surface area contributed by atoms with Gasteiger partial charge < -0.3 is 28.6 Å². The number of aliphatic carboxylic acids is 1. The first-order valence-electron chi connectivity index (χ1n) is 16.7. The van der Waals surface area contributed by atoms with Crippen molar-refractivity contribution in [2.24, 2.45) is 0 Å². The van der Waals surface area contributed by atoms with Crippen LogP contribution in [0.15, 0.2) is 48.6 Å². The zero-order chi connectivity index (χ0) is 32.9. The number of carbonyl (C=O) groups is 3. The summed E-state index contributed by atoms with van der Waals surface area (Å²) in [5, 5.41) is 11.5. The number of nitrogens with zero attached hydrogens (tertiary/aromatic N) is 1. The van der Waals surface area contributed by atoms with Crippen LogP contribution in [0.25, 0.3) is 0 Å². The second-order valence-electron chi connectivity index (χ2n) is 12.1. The molecule has 0 aliphatic heterocycles. The number of hydrogen-bond acceptors (Lipinski definition) is 7. The smallest absolute Gasteiger partial charge is 0.306 e. The highest BCUT2D eigenvalue weighted by Gasteiger charge is 2.25. The van der Waals surface area contributed by atoms with Crippen LogP contribution in [-0.4, -0.2) is 75.5 Å². The van der Waals surface area contributed by atoms with Crippen LogP contribution in [0.2, 0.25) is 0 Å². The third-order valence-electron chi connectivity index (χ3n) is 7.07. The van der Waals surface area contributed by atoms with Crippen molar-refractivity contribution in [3.8, 4) is 0 Å². The molecule has 2 unspecified atom stereocenters. The minimum absolute atomic E-state index is 0.0236. The molecule has 0 aliphatic carbocycles. The molecule has 0 aliphatic rings. The van der Waals surface area contributed by atoms with Crippen molar-refractivity contribution in [2.75, 3.05) is 41.0 Å². The van der Waals surface area contributed by atoms with Crippen molar-refractivity contribution in [3.05, 3.63) is 48.6 Å². The average Bonchev–Trinajstić information content (AvgIpc) is 2.96. The second-order valence-corrected chi connectivity index (χ2v) is 12.1. The van der Waals surface area contributed by atoms with Crippen molar-refractivity contribution >= 4 is 17.9 Å². The molecule has 0 bridgehead atoms. The molecule has 0 aromatic heterocycles. The Morgan fingerprint density at radius 3 is 1.89 bits per heavy atom. The van der Waals surface area contributed by atoms with E-state index in [-0.39, 0.29) is 49.1 Å². The van der Waals surface area contributed by atoms with Gasteiger partial charge in [-0.15, -0.1) is 0 Å². The molecule has 0 amide bonds. The van der Waals surface area contributed by atoms with Crippen LogP contribution < -0.4 is 5.11 Å². The highest BCUT2D eigenvalue weighted by Crippen LogP contribution is 2.11. The minimum Gasteiger partial charge on any atom is -0.544 e. The molecule has 0 aromatic rings. The summed E-state index contributed by atoms with van der Waals surface area (Å²) in [4.78, 5) is 36.3. The van der Waals surface area contributed by atoms with Gasteiger partial charge in [-0.1, -0.05) is 107 Å². The number of carboxylic acid groups (broad SMARTS) is 1. The summed E-state index contributed by atoms with van der Waals surface area (Å²) in [5.41, 5.74) is 0. The van der Waals surface area contributed by atoms with Crippen LogP contribution in [0, 0.1) is 0 Å². The molecule has 252 valence electrons. The highest BCUT2D eigenvalue weighted by atomic mass is 16.6. The number of hydrogen-bond donors (Lipinski definition) is 0. The molecule has 8 heteroatoms. The molecule has 0 rings (SSSR count). The van der Waals surface area contributed by atoms with Gasteiger partial charge in [-0.05, 0) is 32.1 Å². The molecule has 44 heavy (non-hydrogen) atoms. The molecule has 0 fully saturated rings. The van der Waals surface area contributed by atoms with Crippen molar-refractivity contribution < 1.29 is 38.2 Å². The van der Waals surface area contributed by atoms with Crippen LogP contribution in [0.1, 0.15) is 110 Å². The maximum Gasteiger partial charge on any atom is 0.306 e. The van der Waals surface area contributed by atoms with Crippen LogP contribution in [0.3, 0.4) is 0 Å². The van der Waals surface area contributed by atoms with E-state index in [1.807, 2.05) is 36.5 Å². The number of allylic oxidation sites excluding steroid dienone is 8. The fourth-order valence-electron chi connectivity index (χ4n) is 4.43. The Kier molecular flexibility index (Phi) is 26.1. The molecule has 0 radical (unpaired) electrons. The first kappa shape index (κ1) is 41.3. The van der Waals surface area contributed by atoms with E-state index >= 15 is 0 Å². The van der Waals surface area contributed by atoms with Crippen LogP contribution in [-0.2, 0) is 28.6 Å². The standard InChI is InChI=1S/C36H61NO7/c1-6-8-10-12-14-15-16-17-18-19-21-23-25-27-35(39)44-32(30-42-29-28-33(36(40)41)37(3,4)5)31-43-34(38)26-24-22-20-13-11-9-7-2/h8,10,12,14-18,32-33H,6-7,9,11,13,19-31H2,1-5H3/b10-8+,14-12+,16-15+,18-17+. The zero-order valence-electron chi connectivity index (χ0n) is 28.3. The summed E-state index contributed by atoms with van der Waals surface area (Å²) >= 11 is 0. The van der Waals surface area contributed by atoms with E-state index in [0.717, 1.165) is 44.9 Å². The van der Waals surface area contributed by atoms with E-state index in [1.165, 1.54) is 25.7 Å². The summed E-state index contributed by atoms with van der Waals surface area (Å²) in [7, 11) is 5.36. The quantitative estimate of drug-likeness (QED) is 0.0432. The Bertz CT molecular complexity index is 870. The number of ether oxygens (including phenoxy) is 3. The van der Waals surface area contributed by atoms with Gasteiger partial charge in [0.05, 0.1) is 40.3 Å². The normalized spacial score (nSPS) is 13.8. The molecule has 0 N–H and O–H groups in total. The maximum absolute atomic E-state index is 12.5. The Morgan fingerprint density at radius 1 is 0.705 bits per heavy atom. The highest BCUT2D eigenvalue weighted by molar-refractivity contribution is 5.70. The minimum atomic E-state index is -1.14. The molecular formula is C36H61NO7. The number of carboxylic acids is 1. The van der Waals surface area contributed by atoms with Crippen molar-refractivity contribution in [3.63, 3.8) is 0 Å². The lowest BCUT2D eigenvalue weighted by Crippen LogP contribution is -2.55. The number of carbonyl (C=O) groups excluding carboxylic acids is 3. The van der Waals surface area contributed by atoms with E-state index in [9.17, 15) is 19.5 Å². The van der Waals surface area contributed by atoms with Gasteiger partial charge in [0.25, 0.3) is 0 Å². The lowest BCUT2D eigenvalue weighted by molar-refractivity contribution is -0.889. The average molecular weight is 620 g/mol. The van der Waals surface area contributed by atoms with Gasteiger partial charge in [0.15, 0.2) is 6.10 Å². The number of likely N-dealkylation sites (N-methyl/N-ethyl adjacent to an activating group) is 1. The van der Waals surface area contributed by atoms with Crippen LogP contribution in [0.4, 0.5) is 0 Å². The van der Waals surface area contributed by atoms with E-state index in [4.69, 9.17) is 14.2 Å². The summed E-state index contributed by atoms with van der Waals surface area (Å²) in [6.45, 7) is 4.39. The van der Waals surface area contributed by atoms with Gasteiger partial charge in [0, 0.05) is 19.3 Å². The predicted molar refractivity (Wildman–Crippen MR) is 176 cm³/mol. The SMILES string of the molecule is CC/C=C/C=C/C=C/C=C/CCCCCC(=O)OC(COCCC(C(=O)[O-])[N+](C)(C)C)COC(=O)CCCCCCCCC. The Labute approximate surface area is 267 Å². The molecule has 0 spiro atoms. The summed E-state index contributed by atoms with van der Waals surface area (Å²) < 4.78 is 16.9. The van der Waals surface area contributed by atoms with Crippen LogP contribution >= 0.6 is 0 Å². The molecule has 0 saturated heterocycles. The monoisotopic (exact) mass is 619 g/mol. The Balaban J connectivity index is 4.57. The Hall–Kier alpha value is -2.71. The van der Waals surface area contributed by atoms with Crippen molar-refractivity contribution in [2.45, 2.75) is 122 Å². The van der Waals surface area contributed by atoms with Gasteiger partial charge in [0.2, 0.25) is 0 Å². The molecule has 0 aromatic carbocycles. The number of quaternary nitrogens is 1. The summed E-state index contributed by atoms with van der Waals surface area (Å²) in [5.74, 6) is -1.81. The molecule has 0 heterocycles. The fourth-order valence-corrected chi connectivity index (χ4v) is 4.43. The van der Waals surface area contributed by atoms with Gasteiger partial charge in [-0.25, -0.2) is 0 Å². The summed E-state index contributed by atoms with van der Waals surface area (Å²) in [6.07, 6.45) is 28.7. The third-order valence-corrected chi connectivity index (χ3v) is 7.07. The number of esters is 2. The van der Waals surface area contributed by atoms with Gasteiger partial charge >= 0.3 is 11.9 Å². The second kappa shape index (κ2) is 27.8. The van der Waals surface area contributed by atoms with E-state index < -0.39 is 18.1 Å². The maximum atomic E-state index is 12.5. The third kappa shape index (κ3) is 25.8. The van der Waals surface area contributed by atoms with Gasteiger partial charge in [-0.3, -0.25) is 9.59 Å². The molecule has 2 atom stereocenters.